The number of hydrogen-bond donors (Lipinski definition) is 3. The molecular formula is C10H16N8O2. The number of aliphatic hydroxyl groups is 1. The molecule has 10 nitrogen and oxygen atoms in total. The lowest BCUT2D eigenvalue weighted by molar-refractivity contribution is 0.153. The first kappa shape index (κ1) is 14.1. The molecule has 0 aliphatic carbocycles. The number of anilines is 2. The Balaban J connectivity index is 2.26. The fourth-order valence-electron chi connectivity index (χ4n) is 1.48. The van der Waals surface area contributed by atoms with Gasteiger partial charge in [-0.25, -0.2) is 4.98 Å². The van der Waals surface area contributed by atoms with Crippen molar-refractivity contribution in [2.24, 2.45) is 0 Å². The second-order valence-corrected chi connectivity index (χ2v) is 3.85. The van der Waals surface area contributed by atoms with Crippen LogP contribution < -0.4 is 10.6 Å². The molecule has 0 aliphatic heterocycles. The highest BCUT2D eigenvalue weighted by Gasteiger charge is 2.12. The molecule has 1 atom stereocenters. The maximum Gasteiger partial charge on any atom is 0.258 e. The van der Waals surface area contributed by atoms with Gasteiger partial charge in [-0.3, -0.25) is 0 Å². The van der Waals surface area contributed by atoms with Gasteiger partial charge in [-0.2, -0.15) is 24.7 Å². The minimum absolute atomic E-state index is 0.104. The van der Waals surface area contributed by atoms with E-state index in [0.717, 1.165) is 0 Å². The van der Waals surface area contributed by atoms with Crippen LogP contribution >= 0.6 is 0 Å². The van der Waals surface area contributed by atoms with E-state index in [1.807, 2.05) is 0 Å². The molecule has 0 saturated carbocycles. The zero-order valence-corrected chi connectivity index (χ0v) is 11.2. The molecule has 0 spiro atoms. The van der Waals surface area contributed by atoms with Gasteiger partial charge in [-0.15, -0.1) is 0 Å². The Labute approximate surface area is 115 Å². The number of nitrogens with zero attached hydrogens (tertiary/aromatic N) is 6. The van der Waals surface area contributed by atoms with Crippen LogP contribution in [0.1, 0.15) is 0 Å². The molecule has 0 fully saturated rings. The van der Waals surface area contributed by atoms with E-state index in [2.05, 4.69) is 35.7 Å². The molecule has 2 aromatic heterocycles. The van der Waals surface area contributed by atoms with Gasteiger partial charge in [0.05, 0.1) is 19.3 Å². The van der Waals surface area contributed by atoms with Crippen molar-refractivity contribution in [3.8, 4) is 5.95 Å². The Morgan fingerprint density at radius 3 is 2.75 bits per heavy atom. The highest BCUT2D eigenvalue weighted by Crippen LogP contribution is 2.09. The van der Waals surface area contributed by atoms with E-state index in [9.17, 15) is 5.11 Å². The topological polar surface area (TPSA) is 123 Å². The van der Waals surface area contributed by atoms with E-state index in [4.69, 9.17) is 4.74 Å². The summed E-state index contributed by atoms with van der Waals surface area (Å²) in [5.74, 6) is 1.01. The molecule has 0 saturated heterocycles. The zero-order valence-electron chi connectivity index (χ0n) is 11.2. The Hall–Kier alpha value is -2.33. The Morgan fingerprint density at radius 1 is 1.35 bits per heavy atom. The summed E-state index contributed by atoms with van der Waals surface area (Å²) in [4.78, 5) is 16.4. The van der Waals surface area contributed by atoms with Crippen LogP contribution in [0.15, 0.2) is 12.7 Å². The van der Waals surface area contributed by atoms with Gasteiger partial charge in [0.25, 0.3) is 5.95 Å². The second-order valence-electron chi connectivity index (χ2n) is 3.85. The van der Waals surface area contributed by atoms with Crippen LogP contribution in [0.25, 0.3) is 5.95 Å². The number of ether oxygens (including phenoxy) is 1. The summed E-state index contributed by atoms with van der Waals surface area (Å²) in [5, 5.41) is 19.0. The average Bonchev–Trinajstić information content (AvgIpc) is 3.00. The van der Waals surface area contributed by atoms with Crippen LogP contribution in [0.3, 0.4) is 0 Å². The molecule has 2 heterocycles. The largest absolute Gasteiger partial charge is 0.394 e. The summed E-state index contributed by atoms with van der Waals surface area (Å²) in [5.41, 5.74) is 0. The highest BCUT2D eigenvalue weighted by molar-refractivity contribution is 5.37. The SMILES string of the molecule is CNc1nc(NC(CO)COC)nc(-n2cncn2)n1. The smallest absolute Gasteiger partial charge is 0.258 e. The van der Waals surface area contributed by atoms with Crippen molar-refractivity contribution in [3.05, 3.63) is 12.7 Å². The first-order chi connectivity index (χ1) is 9.76. The molecule has 20 heavy (non-hydrogen) atoms. The standard InChI is InChI=1S/C10H16N8O2/c1-11-8-15-9(14-7(3-19)4-20-2)17-10(16-8)18-6-12-5-13-18/h5-7,19H,3-4H2,1-2H3,(H2,11,14,15,16,17). The quantitative estimate of drug-likeness (QED) is 0.580. The second kappa shape index (κ2) is 6.73. The third-order valence-electron chi connectivity index (χ3n) is 2.39. The summed E-state index contributed by atoms with van der Waals surface area (Å²) in [6.45, 7) is 0.225. The molecule has 0 aliphatic rings. The third kappa shape index (κ3) is 3.36. The molecule has 108 valence electrons. The molecule has 1 unspecified atom stereocenters. The molecule has 2 rings (SSSR count). The van der Waals surface area contributed by atoms with Crippen LogP contribution in [0.5, 0.6) is 0 Å². The van der Waals surface area contributed by atoms with Gasteiger partial charge >= 0.3 is 0 Å². The van der Waals surface area contributed by atoms with Crippen LogP contribution in [0, 0.1) is 0 Å². The monoisotopic (exact) mass is 280 g/mol. The van der Waals surface area contributed by atoms with Crippen molar-refractivity contribution in [1.82, 2.24) is 29.7 Å². The van der Waals surface area contributed by atoms with Gasteiger partial charge < -0.3 is 20.5 Å². The van der Waals surface area contributed by atoms with Crippen molar-refractivity contribution >= 4 is 11.9 Å². The molecule has 0 bridgehead atoms. The lowest BCUT2D eigenvalue weighted by Crippen LogP contribution is -2.30. The third-order valence-corrected chi connectivity index (χ3v) is 2.39. The summed E-state index contributed by atoms with van der Waals surface area (Å²) >= 11 is 0. The van der Waals surface area contributed by atoms with Crippen LogP contribution in [-0.4, -0.2) is 68.2 Å². The first-order valence-electron chi connectivity index (χ1n) is 5.92. The molecule has 0 amide bonds. The lowest BCUT2D eigenvalue weighted by atomic mass is 10.3. The molecule has 0 aromatic carbocycles. The van der Waals surface area contributed by atoms with Crippen molar-refractivity contribution in [2.45, 2.75) is 6.04 Å². The van der Waals surface area contributed by atoms with E-state index >= 15 is 0 Å². The van der Waals surface area contributed by atoms with Gasteiger partial charge in [0.2, 0.25) is 11.9 Å². The average molecular weight is 280 g/mol. The molecular weight excluding hydrogens is 264 g/mol. The van der Waals surface area contributed by atoms with Gasteiger partial charge in [0.1, 0.15) is 12.7 Å². The fourth-order valence-corrected chi connectivity index (χ4v) is 1.48. The summed E-state index contributed by atoms with van der Waals surface area (Å²) in [6, 6.07) is -0.310. The Kier molecular flexibility index (Phi) is 4.74. The summed E-state index contributed by atoms with van der Waals surface area (Å²) < 4.78 is 6.40. The van der Waals surface area contributed by atoms with E-state index in [-0.39, 0.29) is 12.6 Å². The number of nitrogens with one attached hydrogen (secondary N) is 2. The van der Waals surface area contributed by atoms with E-state index in [1.54, 1.807) is 14.2 Å². The first-order valence-corrected chi connectivity index (χ1v) is 5.92. The predicted octanol–water partition coefficient (Wildman–Crippen LogP) is -1.09. The molecule has 3 N–H and O–H groups in total. The van der Waals surface area contributed by atoms with E-state index < -0.39 is 0 Å². The maximum atomic E-state index is 9.24. The number of rotatable bonds is 7. The van der Waals surface area contributed by atoms with Crippen LogP contribution in [0.2, 0.25) is 0 Å². The Bertz CT molecular complexity index is 532. The van der Waals surface area contributed by atoms with Gasteiger partial charge in [-0.1, -0.05) is 0 Å². The van der Waals surface area contributed by atoms with Crippen molar-refractivity contribution in [1.29, 1.82) is 0 Å². The maximum absolute atomic E-state index is 9.24. The predicted molar refractivity (Wildman–Crippen MR) is 70.7 cm³/mol. The normalized spacial score (nSPS) is 12.2. The van der Waals surface area contributed by atoms with Crippen molar-refractivity contribution < 1.29 is 9.84 Å². The van der Waals surface area contributed by atoms with E-state index in [0.29, 0.717) is 24.5 Å². The zero-order chi connectivity index (χ0) is 14.4. The molecule has 0 radical (unpaired) electrons. The molecule has 2 aromatic rings. The van der Waals surface area contributed by atoms with Gasteiger partial charge in [0, 0.05) is 14.2 Å². The lowest BCUT2D eigenvalue weighted by Gasteiger charge is -2.15. The minimum atomic E-state index is -0.310. The summed E-state index contributed by atoms with van der Waals surface area (Å²) in [6.07, 6.45) is 2.87. The Morgan fingerprint density at radius 2 is 2.15 bits per heavy atom. The van der Waals surface area contributed by atoms with Gasteiger partial charge in [0.15, 0.2) is 0 Å². The van der Waals surface area contributed by atoms with Crippen LogP contribution in [0.4, 0.5) is 11.9 Å². The van der Waals surface area contributed by atoms with E-state index in [1.165, 1.54) is 17.3 Å². The summed E-state index contributed by atoms with van der Waals surface area (Å²) in [7, 11) is 3.25. The fraction of sp³-hybridized carbons (Fsp3) is 0.500. The number of methoxy groups -OCH3 is 1. The number of aliphatic hydroxyl groups excluding tert-OH is 1. The van der Waals surface area contributed by atoms with Crippen molar-refractivity contribution in [3.63, 3.8) is 0 Å². The molecule has 10 heteroatoms. The van der Waals surface area contributed by atoms with Crippen LogP contribution in [-0.2, 0) is 4.74 Å². The number of aromatic nitrogens is 6. The minimum Gasteiger partial charge on any atom is -0.394 e. The number of hydrogen-bond acceptors (Lipinski definition) is 9. The highest BCUT2D eigenvalue weighted by atomic mass is 16.5. The van der Waals surface area contributed by atoms with Crippen molar-refractivity contribution in [2.75, 3.05) is 38.0 Å². The van der Waals surface area contributed by atoms with Gasteiger partial charge in [-0.05, 0) is 0 Å².